The van der Waals surface area contributed by atoms with E-state index in [0.29, 0.717) is 23.0 Å². The van der Waals surface area contributed by atoms with Crippen LogP contribution in [0.1, 0.15) is 19.3 Å². The first-order valence-corrected chi connectivity index (χ1v) is 9.04. The first-order chi connectivity index (χ1) is 12.4. The van der Waals surface area contributed by atoms with E-state index in [2.05, 4.69) is 10.2 Å². The molecule has 144 valence electrons. The lowest BCUT2D eigenvalue weighted by Crippen LogP contribution is -2.37. The van der Waals surface area contributed by atoms with Crippen molar-refractivity contribution in [2.24, 2.45) is 0 Å². The molecule has 1 fully saturated rings. The zero-order valence-corrected chi connectivity index (χ0v) is 16.0. The molecule has 1 aromatic rings. The van der Waals surface area contributed by atoms with Gasteiger partial charge in [0.25, 0.3) is 0 Å². The third-order valence-electron chi connectivity index (χ3n) is 4.60. The molecule has 8 heteroatoms. The summed E-state index contributed by atoms with van der Waals surface area (Å²) < 4.78 is 5.10. The van der Waals surface area contributed by atoms with Crippen molar-refractivity contribution in [2.45, 2.75) is 25.3 Å². The fourth-order valence-corrected chi connectivity index (χ4v) is 3.49. The Morgan fingerprint density at radius 3 is 2.81 bits per heavy atom. The molecule has 1 amide bonds. The van der Waals surface area contributed by atoms with Gasteiger partial charge in [0.2, 0.25) is 5.91 Å². The minimum atomic E-state index is -0.814. The number of carboxylic acids is 1. The molecule has 26 heavy (non-hydrogen) atoms. The number of amides is 1. The zero-order chi connectivity index (χ0) is 19.1. The maximum Gasteiger partial charge on any atom is 0.317 e. The van der Waals surface area contributed by atoms with E-state index in [1.54, 1.807) is 25.3 Å². The Bertz CT molecular complexity index is 641. The highest BCUT2D eigenvalue weighted by molar-refractivity contribution is 6.32. The second-order valence-electron chi connectivity index (χ2n) is 6.57. The smallest absolute Gasteiger partial charge is 0.317 e. The number of ether oxygens (including phenoxy) is 1. The van der Waals surface area contributed by atoms with E-state index in [1.807, 2.05) is 11.9 Å². The van der Waals surface area contributed by atoms with Gasteiger partial charge in [-0.1, -0.05) is 11.6 Å². The topological polar surface area (TPSA) is 82.1 Å². The number of rotatable bonds is 7. The number of benzene rings is 1. The number of likely N-dealkylation sites (N-methyl/N-ethyl adjacent to an activating group) is 1. The van der Waals surface area contributed by atoms with Crippen LogP contribution in [0.4, 0.5) is 5.69 Å². The Hall–Kier alpha value is -1.83. The average Bonchev–Trinajstić information content (AvgIpc) is 2.80. The molecular formula is C18H26ClN3O4. The predicted octanol–water partition coefficient (Wildman–Crippen LogP) is 2.16. The van der Waals surface area contributed by atoms with E-state index in [9.17, 15) is 9.59 Å². The number of carbonyl (C=O) groups excluding carboxylic acids is 1. The lowest BCUT2D eigenvalue weighted by molar-refractivity contribution is -0.138. The summed E-state index contributed by atoms with van der Waals surface area (Å²) in [6.45, 7) is 1.95. The number of hydrogen-bond acceptors (Lipinski definition) is 5. The van der Waals surface area contributed by atoms with E-state index in [0.717, 1.165) is 32.4 Å². The largest absolute Gasteiger partial charge is 0.495 e. The minimum absolute atomic E-state index is 0.0450. The van der Waals surface area contributed by atoms with Gasteiger partial charge in [-0.05, 0) is 51.1 Å². The average molecular weight is 384 g/mol. The van der Waals surface area contributed by atoms with Crippen LogP contribution in [-0.4, -0.2) is 73.2 Å². The van der Waals surface area contributed by atoms with Gasteiger partial charge in [0, 0.05) is 18.3 Å². The maximum absolute atomic E-state index is 12.3. The molecule has 1 aliphatic heterocycles. The third-order valence-corrected chi connectivity index (χ3v) is 4.90. The van der Waals surface area contributed by atoms with E-state index in [1.165, 1.54) is 0 Å². The van der Waals surface area contributed by atoms with E-state index in [4.69, 9.17) is 21.4 Å². The van der Waals surface area contributed by atoms with Crippen LogP contribution in [0.3, 0.4) is 0 Å². The molecule has 2 N–H and O–H groups in total. The Kier molecular flexibility index (Phi) is 7.68. The van der Waals surface area contributed by atoms with Gasteiger partial charge in [-0.25, -0.2) is 0 Å². The number of carboxylic acid groups (broad SMARTS) is 1. The first-order valence-electron chi connectivity index (χ1n) is 8.67. The quantitative estimate of drug-likeness (QED) is 0.750. The van der Waals surface area contributed by atoms with Crippen molar-refractivity contribution >= 4 is 29.2 Å². The molecule has 0 spiro atoms. The molecule has 0 aliphatic carbocycles. The Morgan fingerprint density at radius 1 is 1.38 bits per heavy atom. The normalized spacial score (nSPS) is 18.4. The summed E-state index contributed by atoms with van der Waals surface area (Å²) >= 11 is 6.07. The molecule has 0 aromatic heterocycles. The molecule has 1 aromatic carbocycles. The first kappa shape index (κ1) is 20.5. The summed E-state index contributed by atoms with van der Waals surface area (Å²) in [6, 6.07) is 5.37. The highest BCUT2D eigenvalue weighted by Gasteiger charge is 2.22. The predicted molar refractivity (Wildman–Crippen MR) is 101 cm³/mol. The van der Waals surface area contributed by atoms with Crippen molar-refractivity contribution < 1.29 is 19.4 Å². The van der Waals surface area contributed by atoms with Gasteiger partial charge in [-0.2, -0.15) is 0 Å². The van der Waals surface area contributed by atoms with E-state index in [-0.39, 0.29) is 18.5 Å². The van der Waals surface area contributed by atoms with Crippen LogP contribution >= 0.6 is 11.6 Å². The summed E-state index contributed by atoms with van der Waals surface area (Å²) in [4.78, 5) is 27.2. The zero-order valence-electron chi connectivity index (χ0n) is 15.2. The van der Waals surface area contributed by atoms with Crippen LogP contribution in [-0.2, 0) is 9.59 Å². The van der Waals surface area contributed by atoms with Gasteiger partial charge in [0.05, 0.1) is 25.2 Å². The standard InChI is InChI=1S/C18H26ClN3O4/c1-21(12-18(24)25)14-4-3-8-22(9-7-14)11-17(23)20-13-5-6-16(26-2)15(19)10-13/h5-6,10,14H,3-4,7-9,11-12H2,1-2H3,(H,20,23)(H,24,25). The fraction of sp³-hybridized carbons (Fsp3) is 0.556. The van der Waals surface area contributed by atoms with Crippen LogP contribution in [0.2, 0.25) is 5.02 Å². The number of likely N-dealkylation sites (tertiary alicyclic amines) is 1. The second-order valence-corrected chi connectivity index (χ2v) is 6.97. The summed E-state index contributed by atoms with van der Waals surface area (Å²) in [5.41, 5.74) is 0.634. The van der Waals surface area contributed by atoms with Crippen LogP contribution in [0.25, 0.3) is 0 Å². The molecule has 1 heterocycles. The van der Waals surface area contributed by atoms with Crippen molar-refractivity contribution in [3.8, 4) is 5.75 Å². The number of carbonyl (C=O) groups is 2. The van der Waals surface area contributed by atoms with Gasteiger partial charge < -0.3 is 15.2 Å². The number of nitrogens with zero attached hydrogens (tertiary/aromatic N) is 2. The number of nitrogens with one attached hydrogen (secondary N) is 1. The lowest BCUT2D eigenvalue weighted by atomic mass is 10.1. The van der Waals surface area contributed by atoms with E-state index >= 15 is 0 Å². The Balaban J connectivity index is 1.84. The summed E-state index contributed by atoms with van der Waals surface area (Å²) in [5.74, 6) is -0.344. The lowest BCUT2D eigenvalue weighted by Gasteiger charge is -2.25. The number of anilines is 1. The third kappa shape index (κ3) is 6.16. The molecule has 0 saturated carbocycles. The van der Waals surface area contributed by atoms with Crippen LogP contribution in [0.5, 0.6) is 5.75 Å². The monoisotopic (exact) mass is 383 g/mol. The van der Waals surface area contributed by atoms with Crippen LogP contribution < -0.4 is 10.1 Å². The van der Waals surface area contributed by atoms with Crippen LogP contribution in [0.15, 0.2) is 18.2 Å². The molecule has 0 bridgehead atoms. The van der Waals surface area contributed by atoms with Gasteiger partial charge >= 0.3 is 5.97 Å². The summed E-state index contributed by atoms with van der Waals surface area (Å²) in [6.07, 6.45) is 2.73. The molecule has 1 unspecified atom stereocenters. The number of aliphatic carboxylic acids is 1. The minimum Gasteiger partial charge on any atom is -0.495 e. The molecule has 1 atom stereocenters. The summed E-state index contributed by atoms with van der Waals surface area (Å²) in [5, 5.41) is 12.2. The number of halogens is 1. The highest BCUT2D eigenvalue weighted by atomic mass is 35.5. The molecule has 2 rings (SSSR count). The van der Waals surface area contributed by atoms with Crippen molar-refractivity contribution in [2.75, 3.05) is 45.7 Å². The molecule has 7 nitrogen and oxygen atoms in total. The highest BCUT2D eigenvalue weighted by Crippen LogP contribution is 2.27. The molecule has 1 saturated heterocycles. The van der Waals surface area contributed by atoms with Gasteiger partial charge in [0.1, 0.15) is 5.75 Å². The van der Waals surface area contributed by atoms with Crippen LogP contribution in [0, 0.1) is 0 Å². The van der Waals surface area contributed by atoms with Gasteiger partial charge in [0.15, 0.2) is 0 Å². The Labute approximate surface area is 158 Å². The molecular weight excluding hydrogens is 358 g/mol. The summed E-state index contributed by atoms with van der Waals surface area (Å²) in [7, 11) is 3.38. The van der Waals surface area contributed by atoms with Crippen molar-refractivity contribution in [3.63, 3.8) is 0 Å². The van der Waals surface area contributed by atoms with Crippen molar-refractivity contribution in [3.05, 3.63) is 23.2 Å². The molecule has 1 aliphatic rings. The van der Waals surface area contributed by atoms with Crippen molar-refractivity contribution in [1.82, 2.24) is 9.80 Å². The Morgan fingerprint density at radius 2 is 2.15 bits per heavy atom. The van der Waals surface area contributed by atoms with Crippen molar-refractivity contribution in [1.29, 1.82) is 0 Å². The number of hydrogen-bond donors (Lipinski definition) is 2. The maximum atomic E-state index is 12.3. The second kappa shape index (κ2) is 9.75. The van der Waals surface area contributed by atoms with Gasteiger partial charge in [-0.15, -0.1) is 0 Å². The fourth-order valence-electron chi connectivity index (χ4n) is 3.23. The van der Waals surface area contributed by atoms with E-state index < -0.39 is 5.97 Å². The SMILES string of the molecule is COc1ccc(NC(=O)CN2CCCC(N(C)CC(=O)O)CC2)cc1Cl. The van der Waals surface area contributed by atoms with Gasteiger partial charge in [-0.3, -0.25) is 19.4 Å². The number of methoxy groups -OCH3 is 1. The molecule has 0 radical (unpaired) electrons.